The Bertz CT molecular complexity index is 889. The molecule has 5 nitrogen and oxygen atoms in total. The van der Waals surface area contributed by atoms with E-state index in [0.29, 0.717) is 18.4 Å². The third-order valence-electron chi connectivity index (χ3n) is 6.62. The van der Waals surface area contributed by atoms with Crippen LogP contribution >= 0.6 is 0 Å². The molecule has 1 amide bonds. The largest absolute Gasteiger partial charge is 0.363 e. The van der Waals surface area contributed by atoms with E-state index in [1.54, 1.807) is 0 Å². The minimum Gasteiger partial charge on any atom is -0.363 e. The fourth-order valence-electron chi connectivity index (χ4n) is 5.41. The minimum absolute atomic E-state index is 0.000952. The van der Waals surface area contributed by atoms with Gasteiger partial charge in [-0.05, 0) is 75.8 Å². The van der Waals surface area contributed by atoms with Crippen molar-refractivity contribution in [2.24, 2.45) is 13.0 Å². The molecule has 0 saturated carbocycles. The first-order valence-corrected chi connectivity index (χ1v) is 10.6. The highest BCUT2D eigenvalue weighted by molar-refractivity contribution is 5.76. The lowest BCUT2D eigenvalue weighted by atomic mass is 9.89. The molecule has 2 saturated heterocycles. The lowest BCUT2D eigenvalue weighted by Crippen LogP contribution is -2.50. The van der Waals surface area contributed by atoms with Gasteiger partial charge in [-0.1, -0.05) is 0 Å². The molecule has 0 aliphatic carbocycles. The van der Waals surface area contributed by atoms with Crippen LogP contribution in [0.2, 0.25) is 0 Å². The number of piperidine rings is 1. The molecule has 1 aromatic heterocycles. The number of carbonyl (C=O) groups excluding carboxylic acids is 1. The number of aryl methyl sites for hydroxylation is 3. The Labute approximate surface area is 172 Å². The van der Waals surface area contributed by atoms with Gasteiger partial charge in [0.25, 0.3) is 0 Å². The van der Waals surface area contributed by atoms with Gasteiger partial charge < -0.3 is 9.80 Å². The summed E-state index contributed by atoms with van der Waals surface area (Å²) in [7, 11) is 1.91. The molecule has 156 valence electrons. The summed E-state index contributed by atoms with van der Waals surface area (Å²) in [6.07, 6.45) is 5.30. The smallest absolute Gasteiger partial charge is 0.222 e. The molecule has 2 aromatic rings. The summed E-state index contributed by atoms with van der Waals surface area (Å²) >= 11 is 0. The van der Waals surface area contributed by atoms with Crippen molar-refractivity contribution in [3.63, 3.8) is 0 Å². The van der Waals surface area contributed by atoms with Crippen molar-refractivity contribution < 1.29 is 9.18 Å². The maximum atomic E-state index is 13.4. The number of benzene rings is 1. The summed E-state index contributed by atoms with van der Waals surface area (Å²) in [5, 5.41) is 4.37. The highest BCUT2D eigenvalue weighted by Crippen LogP contribution is 2.44. The number of carbonyl (C=O) groups is 1. The Morgan fingerprint density at radius 2 is 2.00 bits per heavy atom. The van der Waals surface area contributed by atoms with E-state index in [-0.39, 0.29) is 17.3 Å². The second kappa shape index (κ2) is 7.47. The van der Waals surface area contributed by atoms with Gasteiger partial charge in [0.05, 0.1) is 5.69 Å². The number of hydrogen-bond donors (Lipinski definition) is 0. The number of rotatable bonds is 4. The Morgan fingerprint density at radius 3 is 2.66 bits per heavy atom. The molecule has 2 aliphatic heterocycles. The lowest BCUT2D eigenvalue weighted by molar-refractivity contribution is -0.133. The molecule has 0 spiro atoms. The van der Waals surface area contributed by atoms with E-state index < -0.39 is 0 Å². The lowest BCUT2D eigenvalue weighted by Gasteiger charge is -2.42. The molecular weight excluding hydrogens is 367 g/mol. The number of amides is 1. The minimum atomic E-state index is -0.202. The average Bonchev–Trinajstić information content (AvgIpc) is 3.13. The molecule has 4 rings (SSSR count). The number of nitrogens with zero attached hydrogens (tertiary/aromatic N) is 4. The Balaban J connectivity index is 1.42. The van der Waals surface area contributed by atoms with Gasteiger partial charge in [0.1, 0.15) is 5.82 Å². The van der Waals surface area contributed by atoms with Crippen molar-refractivity contribution in [2.45, 2.75) is 58.0 Å². The maximum Gasteiger partial charge on any atom is 0.222 e. The average molecular weight is 399 g/mol. The van der Waals surface area contributed by atoms with Crippen molar-refractivity contribution in [1.29, 1.82) is 0 Å². The van der Waals surface area contributed by atoms with E-state index in [4.69, 9.17) is 0 Å². The first-order chi connectivity index (χ1) is 13.7. The SMILES string of the molecule is Cc1nn(C)cc1CCC(=O)N1CC[C@H]2[C@@H](C1)CC(C)(C)N2c1ccc(F)cc1. The van der Waals surface area contributed by atoms with Crippen molar-refractivity contribution in [3.05, 3.63) is 47.5 Å². The van der Waals surface area contributed by atoms with Gasteiger partial charge in [-0.3, -0.25) is 9.48 Å². The van der Waals surface area contributed by atoms with E-state index in [1.807, 2.05) is 37.0 Å². The van der Waals surface area contributed by atoms with Gasteiger partial charge in [0, 0.05) is 50.0 Å². The summed E-state index contributed by atoms with van der Waals surface area (Å²) < 4.78 is 15.2. The molecule has 2 fully saturated rings. The third-order valence-corrected chi connectivity index (χ3v) is 6.62. The van der Waals surface area contributed by atoms with E-state index in [9.17, 15) is 9.18 Å². The zero-order valence-electron chi connectivity index (χ0n) is 17.9. The van der Waals surface area contributed by atoms with Crippen LogP contribution in [0.3, 0.4) is 0 Å². The van der Waals surface area contributed by atoms with Gasteiger partial charge in [0.15, 0.2) is 0 Å². The van der Waals surface area contributed by atoms with Crippen molar-refractivity contribution >= 4 is 11.6 Å². The summed E-state index contributed by atoms with van der Waals surface area (Å²) in [5.74, 6) is 0.490. The maximum absolute atomic E-state index is 13.4. The predicted molar refractivity (Wildman–Crippen MR) is 112 cm³/mol. The number of aromatic nitrogens is 2. The van der Waals surface area contributed by atoms with Crippen LogP contribution in [0.1, 0.15) is 44.4 Å². The zero-order chi connectivity index (χ0) is 20.8. The van der Waals surface area contributed by atoms with Gasteiger partial charge in [0.2, 0.25) is 5.91 Å². The second-order valence-electron chi connectivity index (χ2n) is 9.23. The van der Waals surface area contributed by atoms with Crippen LogP contribution in [0.15, 0.2) is 30.5 Å². The number of halogens is 1. The topological polar surface area (TPSA) is 41.4 Å². The molecule has 0 bridgehead atoms. The zero-order valence-corrected chi connectivity index (χ0v) is 17.9. The second-order valence-corrected chi connectivity index (χ2v) is 9.23. The number of likely N-dealkylation sites (tertiary alicyclic amines) is 1. The van der Waals surface area contributed by atoms with Crippen LogP contribution in [-0.2, 0) is 18.3 Å². The summed E-state index contributed by atoms with van der Waals surface area (Å²) in [6, 6.07) is 7.25. The van der Waals surface area contributed by atoms with Crippen LogP contribution in [0.5, 0.6) is 0 Å². The highest BCUT2D eigenvalue weighted by Gasteiger charge is 2.48. The molecule has 2 aliphatic rings. The fourth-order valence-corrected chi connectivity index (χ4v) is 5.41. The first-order valence-electron chi connectivity index (χ1n) is 10.6. The standard InChI is InChI=1S/C23H31FN4O/c1-16-17(14-26(4)25-16)5-10-22(29)27-12-11-21-18(15-27)13-23(2,3)28(21)20-8-6-19(24)7-9-20/h6-9,14,18,21H,5,10-13,15H2,1-4H3/t18-,21+/m1/s1. The Morgan fingerprint density at radius 1 is 1.28 bits per heavy atom. The monoisotopic (exact) mass is 398 g/mol. The number of fused-ring (bicyclic) bond motifs is 1. The first kappa shape index (κ1) is 19.9. The Kier molecular flexibility index (Phi) is 5.13. The molecular formula is C23H31FN4O. The van der Waals surface area contributed by atoms with Crippen LogP contribution in [-0.4, -0.2) is 45.3 Å². The van der Waals surface area contributed by atoms with Crippen LogP contribution in [0.25, 0.3) is 0 Å². The Hall–Kier alpha value is -2.37. The summed E-state index contributed by atoms with van der Waals surface area (Å²) in [6.45, 7) is 8.12. The van der Waals surface area contributed by atoms with Crippen LogP contribution < -0.4 is 4.90 Å². The van der Waals surface area contributed by atoms with Crippen LogP contribution in [0, 0.1) is 18.7 Å². The molecule has 6 heteroatoms. The summed E-state index contributed by atoms with van der Waals surface area (Å²) in [5.41, 5.74) is 3.24. The van der Waals surface area contributed by atoms with Crippen LogP contribution in [0.4, 0.5) is 10.1 Å². The molecule has 0 N–H and O–H groups in total. The third kappa shape index (κ3) is 3.89. The number of hydrogen-bond acceptors (Lipinski definition) is 3. The quantitative estimate of drug-likeness (QED) is 0.788. The highest BCUT2D eigenvalue weighted by atomic mass is 19.1. The van der Waals surface area contributed by atoms with Gasteiger partial charge >= 0.3 is 0 Å². The summed E-state index contributed by atoms with van der Waals surface area (Å²) in [4.78, 5) is 17.4. The van der Waals surface area contributed by atoms with E-state index >= 15 is 0 Å². The van der Waals surface area contributed by atoms with Gasteiger partial charge in [-0.25, -0.2) is 4.39 Å². The molecule has 0 radical (unpaired) electrons. The molecule has 0 unspecified atom stereocenters. The van der Waals surface area contributed by atoms with Gasteiger partial charge in [-0.15, -0.1) is 0 Å². The van der Waals surface area contributed by atoms with Crippen molar-refractivity contribution in [2.75, 3.05) is 18.0 Å². The molecule has 2 atom stereocenters. The van der Waals surface area contributed by atoms with Crippen molar-refractivity contribution in [3.8, 4) is 0 Å². The molecule has 29 heavy (non-hydrogen) atoms. The van der Waals surface area contributed by atoms with Gasteiger partial charge in [-0.2, -0.15) is 5.10 Å². The molecule has 3 heterocycles. The van der Waals surface area contributed by atoms with E-state index in [2.05, 4.69) is 28.7 Å². The fraction of sp³-hybridized carbons (Fsp3) is 0.565. The van der Waals surface area contributed by atoms with Crippen molar-refractivity contribution in [1.82, 2.24) is 14.7 Å². The normalized spacial score (nSPS) is 23.3. The van der Waals surface area contributed by atoms with E-state index in [0.717, 1.165) is 49.3 Å². The number of anilines is 1. The molecule has 1 aromatic carbocycles. The van der Waals surface area contributed by atoms with E-state index in [1.165, 1.54) is 12.1 Å². The predicted octanol–water partition coefficient (Wildman–Crippen LogP) is 3.71.